The second kappa shape index (κ2) is 11.4. The summed E-state index contributed by atoms with van der Waals surface area (Å²) in [6, 6.07) is 9.77. The minimum atomic E-state index is -4.97. The van der Waals surface area contributed by atoms with E-state index in [0.717, 1.165) is 18.2 Å². The van der Waals surface area contributed by atoms with Gasteiger partial charge in [-0.2, -0.15) is 13.5 Å². The Kier molecular flexibility index (Phi) is 10.2. The van der Waals surface area contributed by atoms with Crippen LogP contribution in [0.1, 0.15) is 6.92 Å². The van der Waals surface area contributed by atoms with Crippen molar-refractivity contribution >= 4 is 59.7 Å². The Morgan fingerprint density at radius 1 is 0.909 bits per heavy atom. The molecular weight excluding hydrogens is 494 g/mol. The van der Waals surface area contributed by atoms with Crippen LogP contribution < -0.4 is 70.0 Å². The summed E-state index contributed by atoms with van der Waals surface area (Å²) in [5.41, 5.74) is 6.02. The molecular formula is C18H14N4Na2O7S2. The number of anilines is 1. The van der Waals surface area contributed by atoms with Gasteiger partial charge in [-0.25, -0.2) is 8.42 Å². The fourth-order valence-corrected chi connectivity index (χ4v) is 4.20. The molecule has 3 rings (SSSR count). The molecule has 0 unspecified atom stereocenters. The summed E-state index contributed by atoms with van der Waals surface area (Å²) in [5, 5.41) is 18.7. The predicted molar refractivity (Wildman–Crippen MR) is 110 cm³/mol. The SMILES string of the molecule is CC([O-])=Nc1cc(N)ccc1N=Nc1cc(S(=O)(=O)O)c2cccc(S(=O)(=O)[O-])c2c1.[Na+].[Na+]. The van der Waals surface area contributed by atoms with E-state index >= 15 is 0 Å². The molecule has 33 heavy (non-hydrogen) atoms. The van der Waals surface area contributed by atoms with Crippen LogP contribution in [0.2, 0.25) is 0 Å². The van der Waals surface area contributed by atoms with Crippen LogP contribution >= 0.6 is 0 Å². The van der Waals surface area contributed by atoms with Crippen molar-refractivity contribution in [3.63, 3.8) is 0 Å². The van der Waals surface area contributed by atoms with Crippen LogP contribution in [0.25, 0.3) is 10.8 Å². The fraction of sp³-hybridized carbons (Fsp3) is 0.0556. The Morgan fingerprint density at radius 2 is 1.58 bits per heavy atom. The first-order chi connectivity index (χ1) is 14.4. The van der Waals surface area contributed by atoms with E-state index in [1.807, 2.05) is 0 Å². The molecule has 162 valence electrons. The first-order valence-electron chi connectivity index (χ1n) is 8.40. The number of rotatable bonds is 5. The molecule has 3 aromatic rings. The molecule has 3 aromatic carbocycles. The molecule has 0 fully saturated rings. The first kappa shape index (κ1) is 29.6. The van der Waals surface area contributed by atoms with E-state index in [-0.39, 0.29) is 86.9 Å². The maximum absolute atomic E-state index is 11.8. The molecule has 0 spiro atoms. The zero-order chi connectivity index (χ0) is 23.0. The Bertz CT molecular complexity index is 1470. The van der Waals surface area contributed by atoms with Crippen LogP contribution in [0, 0.1) is 0 Å². The third-order valence-corrected chi connectivity index (χ3v) is 5.79. The molecule has 0 heterocycles. The van der Waals surface area contributed by atoms with Gasteiger partial charge in [-0.3, -0.25) is 9.55 Å². The molecule has 0 amide bonds. The number of azo groups is 1. The topological polar surface area (TPSA) is 198 Å². The van der Waals surface area contributed by atoms with Gasteiger partial charge < -0.3 is 15.4 Å². The second-order valence-corrected chi connectivity index (χ2v) is 9.04. The summed E-state index contributed by atoms with van der Waals surface area (Å²) in [6.45, 7) is 1.22. The molecule has 0 aliphatic rings. The standard InChI is InChI=1S/C18H16N4O7S2.2Na/c1-10(23)20-16-7-11(19)5-6-15(16)22-21-12-8-14-13(18(9-12)31(27,28)29)3-2-4-17(14)30(24,25)26;;/h2-9H,19H2,1H3,(H,20,23)(H,24,25,26)(H,27,28,29);;/q;2*+1/p-2. The zero-order valence-corrected chi connectivity index (χ0v) is 23.4. The first-order valence-corrected chi connectivity index (χ1v) is 11.2. The molecule has 11 nitrogen and oxygen atoms in total. The van der Waals surface area contributed by atoms with Crippen molar-refractivity contribution in [2.75, 3.05) is 5.73 Å². The van der Waals surface area contributed by atoms with Gasteiger partial charge in [0.1, 0.15) is 20.7 Å². The molecule has 0 saturated heterocycles. The average Bonchev–Trinajstić information content (AvgIpc) is 2.64. The van der Waals surface area contributed by atoms with Gasteiger partial charge in [0.05, 0.1) is 16.3 Å². The van der Waals surface area contributed by atoms with E-state index in [4.69, 9.17) is 5.73 Å². The van der Waals surface area contributed by atoms with Gasteiger partial charge in [0.25, 0.3) is 10.1 Å². The van der Waals surface area contributed by atoms with Gasteiger partial charge in [-0.05, 0) is 49.2 Å². The number of hydrogen-bond acceptors (Lipinski definition) is 10. The largest absolute Gasteiger partial charge is 1.00 e. The van der Waals surface area contributed by atoms with Crippen molar-refractivity contribution in [3.05, 3.63) is 48.5 Å². The van der Waals surface area contributed by atoms with Gasteiger partial charge in [-0.1, -0.05) is 12.1 Å². The van der Waals surface area contributed by atoms with Gasteiger partial charge in [0.15, 0.2) is 0 Å². The number of nitrogen functional groups attached to an aromatic ring is 1. The van der Waals surface area contributed by atoms with Crippen molar-refractivity contribution in [2.24, 2.45) is 15.2 Å². The van der Waals surface area contributed by atoms with Crippen LogP contribution in [0.15, 0.2) is 73.5 Å². The third-order valence-electron chi connectivity index (χ3n) is 4.00. The smallest absolute Gasteiger partial charge is 0.862 e. The fourth-order valence-electron chi connectivity index (χ4n) is 2.79. The molecule has 0 aromatic heterocycles. The minimum absolute atomic E-state index is 0. The van der Waals surface area contributed by atoms with Crippen molar-refractivity contribution in [3.8, 4) is 0 Å². The average molecular weight is 508 g/mol. The number of hydrogen-bond donors (Lipinski definition) is 2. The molecule has 0 atom stereocenters. The van der Waals surface area contributed by atoms with Gasteiger partial charge >= 0.3 is 59.1 Å². The van der Waals surface area contributed by atoms with E-state index in [1.165, 1.54) is 37.3 Å². The monoisotopic (exact) mass is 508 g/mol. The van der Waals surface area contributed by atoms with Crippen LogP contribution in [-0.4, -0.2) is 31.8 Å². The minimum Gasteiger partial charge on any atom is -0.862 e. The molecule has 0 aliphatic heterocycles. The van der Waals surface area contributed by atoms with E-state index in [1.54, 1.807) is 0 Å². The van der Waals surface area contributed by atoms with E-state index < -0.39 is 35.9 Å². The predicted octanol–water partition coefficient (Wildman–Crippen LogP) is -3.59. The molecule has 15 heteroatoms. The Hall–Kier alpha value is -1.39. The van der Waals surface area contributed by atoms with Crippen molar-refractivity contribution in [1.29, 1.82) is 0 Å². The maximum Gasteiger partial charge on any atom is 1.00 e. The van der Waals surface area contributed by atoms with Crippen molar-refractivity contribution in [2.45, 2.75) is 16.7 Å². The quantitative estimate of drug-likeness (QED) is 0.0880. The van der Waals surface area contributed by atoms with Crippen LogP contribution in [0.4, 0.5) is 22.7 Å². The summed E-state index contributed by atoms with van der Waals surface area (Å²) < 4.78 is 68.0. The zero-order valence-electron chi connectivity index (χ0n) is 17.8. The third kappa shape index (κ3) is 7.29. The van der Waals surface area contributed by atoms with Crippen LogP contribution in [-0.2, 0) is 20.2 Å². The maximum atomic E-state index is 11.8. The van der Waals surface area contributed by atoms with Crippen molar-refractivity contribution in [1.82, 2.24) is 0 Å². The Labute approximate surface area is 233 Å². The summed E-state index contributed by atoms with van der Waals surface area (Å²) in [7, 11) is -9.77. The van der Waals surface area contributed by atoms with E-state index in [9.17, 15) is 31.0 Å². The second-order valence-electron chi connectivity index (χ2n) is 6.30. The number of fused-ring (bicyclic) bond motifs is 1. The summed E-state index contributed by atoms with van der Waals surface area (Å²) in [6.07, 6.45) is 0. The van der Waals surface area contributed by atoms with Crippen LogP contribution in [0.3, 0.4) is 0 Å². The molecule has 0 saturated carbocycles. The summed E-state index contributed by atoms with van der Waals surface area (Å²) >= 11 is 0. The molecule has 0 aliphatic carbocycles. The normalized spacial score (nSPS) is 12.4. The van der Waals surface area contributed by atoms with Gasteiger partial charge in [0.2, 0.25) is 0 Å². The summed E-state index contributed by atoms with van der Waals surface area (Å²) in [5.74, 6) is -0.522. The van der Waals surface area contributed by atoms with Gasteiger partial charge in [0, 0.05) is 16.5 Å². The van der Waals surface area contributed by atoms with Crippen molar-refractivity contribution < 1.29 is 90.2 Å². The van der Waals surface area contributed by atoms with E-state index in [2.05, 4.69) is 15.2 Å². The Balaban J connectivity index is 0.00000272. The molecule has 0 bridgehead atoms. The van der Waals surface area contributed by atoms with Gasteiger partial charge in [-0.15, -0.1) is 5.11 Å². The van der Waals surface area contributed by atoms with E-state index in [0.29, 0.717) is 5.69 Å². The Morgan fingerprint density at radius 3 is 2.15 bits per heavy atom. The number of aliphatic imine (C=N–C) groups is 1. The molecule has 3 N–H and O–H groups in total. The number of nitrogens with zero attached hydrogens (tertiary/aromatic N) is 3. The summed E-state index contributed by atoms with van der Waals surface area (Å²) in [4.78, 5) is 2.41. The number of benzene rings is 3. The number of nitrogens with two attached hydrogens (primary N) is 1. The van der Waals surface area contributed by atoms with Crippen LogP contribution in [0.5, 0.6) is 0 Å². The molecule has 0 radical (unpaired) electrons.